The Morgan fingerprint density at radius 2 is 1.88 bits per heavy atom. The van der Waals surface area contributed by atoms with Gasteiger partial charge in [-0.3, -0.25) is 4.90 Å². The molecule has 1 fully saturated rings. The van der Waals surface area contributed by atoms with Crippen LogP contribution in [-0.4, -0.2) is 64.0 Å². The third-order valence-electron chi connectivity index (χ3n) is 4.57. The molecule has 1 aliphatic heterocycles. The van der Waals surface area contributed by atoms with Gasteiger partial charge in [0.1, 0.15) is 11.5 Å². The van der Waals surface area contributed by atoms with Gasteiger partial charge in [0.15, 0.2) is 11.5 Å². The predicted molar refractivity (Wildman–Crippen MR) is 111 cm³/mol. The molecule has 0 saturated carbocycles. The molecule has 1 unspecified atom stereocenters. The Balaban J connectivity index is 1.59. The van der Waals surface area contributed by atoms with Crippen LogP contribution in [0.25, 0.3) is 0 Å². The van der Waals surface area contributed by atoms with Crippen LogP contribution in [0.2, 0.25) is 5.02 Å². The molecule has 1 heterocycles. The zero-order chi connectivity index (χ0) is 23.3. The first-order valence-electron chi connectivity index (χ1n) is 9.49. The highest BCUT2D eigenvalue weighted by atomic mass is 35.5. The summed E-state index contributed by atoms with van der Waals surface area (Å²) >= 11 is 4.43. The maximum Gasteiger partial charge on any atom is 0.573 e. The van der Waals surface area contributed by atoms with Crippen molar-refractivity contribution in [3.05, 3.63) is 53.1 Å². The van der Waals surface area contributed by atoms with Crippen molar-refractivity contribution in [2.24, 2.45) is 0 Å². The van der Waals surface area contributed by atoms with E-state index in [4.69, 9.17) is 21.4 Å². The van der Waals surface area contributed by atoms with E-state index >= 15 is 0 Å². The van der Waals surface area contributed by atoms with E-state index in [1.54, 1.807) is 22.5 Å². The summed E-state index contributed by atoms with van der Waals surface area (Å²) in [6, 6.07) is 10.1. The highest BCUT2D eigenvalue weighted by Crippen LogP contribution is 2.28. The molecule has 0 spiro atoms. The number of alkyl halides is 3. The molecule has 0 bridgehead atoms. The number of benzene rings is 2. The van der Waals surface area contributed by atoms with Gasteiger partial charge in [0.25, 0.3) is 0 Å². The number of halogens is 4. The first-order valence-corrected chi connectivity index (χ1v) is 11.0. The van der Waals surface area contributed by atoms with Crippen molar-refractivity contribution in [1.29, 1.82) is 0 Å². The maximum absolute atomic E-state index is 12.8. The summed E-state index contributed by atoms with van der Waals surface area (Å²) in [4.78, 5) is 13.1. The second kappa shape index (κ2) is 10.6. The minimum absolute atomic E-state index is 0.222. The maximum atomic E-state index is 12.8. The average Bonchev–Trinajstić information content (AvgIpc) is 2.72. The highest BCUT2D eigenvalue weighted by Gasteiger charge is 2.32. The Bertz CT molecular complexity index is 942. The minimum Gasteiger partial charge on any atom is -0.593 e. The van der Waals surface area contributed by atoms with Crippen molar-refractivity contribution in [2.75, 3.05) is 32.8 Å². The molecule has 0 amide bonds. The number of carboxylic acids is 1. The first kappa shape index (κ1) is 24.5. The summed E-state index contributed by atoms with van der Waals surface area (Å²) in [5, 5.41) is 9.32. The quantitative estimate of drug-likeness (QED) is 0.564. The molecule has 7 nitrogen and oxygen atoms in total. The Labute approximate surface area is 190 Å². The molecule has 0 aliphatic carbocycles. The van der Waals surface area contributed by atoms with E-state index in [2.05, 4.69) is 9.64 Å². The largest absolute Gasteiger partial charge is 0.593 e. The fourth-order valence-corrected chi connectivity index (χ4v) is 4.58. The number of hydrogen-bond acceptors (Lipinski definition) is 6. The smallest absolute Gasteiger partial charge is 0.573 e. The van der Waals surface area contributed by atoms with Crippen molar-refractivity contribution in [1.82, 2.24) is 9.21 Å². The van der Waals surface area contributed by atoms with E-state index in [0.29, 0.717) is 43.5 Å². The molecule has 1 atom stereocenters. The van der Waals surface area contributed by atoms with Gasteiger partial charge in [-0.25, -0.2) is 4.79 Å². The summed E-state index contributed by atoms with van der Waals surface area (Å²) in [6.07, 6.45) is -4.82. The monoisotopic (exact) mass is 492 g/mol. The average molecular weight is 493 g/mol. The van der Waals surface area contributed by atoms with Gasteiger partial charge >= 0.3 is 12.3 Å². The Morgan fingerprint density at radius 3 is 2.53 bits per heavy atom. The van der Waals surface area contributed by atoms with Gasteiger partial charge in [-0.05, 0) is 30.3 Å². The van der Waals surface area contributed by atoms with Gasteiger partial charge in [0.05, 0.1) is 24.5 Å². The second-order valence-electron chi connectivity index (χ2n) is 6.91. The number of carboxylic acid groups (broad SMARTS) is 1. The number of ether oxygens (including phenoxy) is 2. The van der Waals surface area contributed by atoms with E-state index < -0.39 is 36.0 Å². The van der Waals surface area contributed by atoms with Crippen LogP contribution in [0.4, 0.5) is 13.2 Å². The van der Waals surface area contributed by atoms with Crippen LogP contribution in [0.3, 0.4) is 0 Å². The SMILES string of the molecule is O=C(O)COc1ccc(Cl)cc1CN1CCN([S+]([O-])c2cccc(OC(F)(F)F)c2)CC1. The lowest BCUT2D eigenvalue weighted by atomic mass is 10.1. The van der Waals surface area contributed by atoms with Crippen LogP contribution in [-0.2, 0) is 22.7 Å². The van der Waals surface area contributed by atoms with Crippen LogP contribution < -0.4 is 9.47 Å². The van der Waals surface area contributed by atoms with Crippen LogP contribution in [0.1, 0.15) is 5.56 Å². The fourth-order valence-electron chi connectivity index (χ4n) is 3.18. The summed E-state index contributed by atoms with van der Waals surface area (Å²) < 4.78 is 61.0. The molecule has 1 aliphatic rings. The molecule has 3 rings (SSSR count). The van der Waals surface area contributed by atoms with E-state index in [-0.39, 0.29) is 4.90 Å². The fraction of sp³-hybridized carbons (Fsp3) is 0.350. The Hall–Kier alpha value is -2.18. The zero-order valence-corrected chi connectivity index (χ0v) is 18.3. The van der Waals surface area contributed by atoms with Crippen LogP contribution in [0.5, 0.6) is 11.5 Å². The molecule has 32 heavy (non-hydrogen) atoms. The number of hydrogen-bond donors (Lipinski definition) is 1. The standard InChI is InChI=1S/C20H20ClF3N2O5S/c21-15-4-5-18(30-13-19(27)28)14(10-15)12-25-6-8-26(9-7-25)32(29)17-3-1-2-16(11-17)31-20(22,23)24/h1-5,10-11H,6-9,12-13H2,(H,27,28). The second-order valence-corrected chi connectivity index (χ2v) is 8.83. The summed E-state index contributed by atoms with van der Waals surface area (Å²) in [5.74, 6) is -1.09. The number of aliphatic carboxylic acids is 1. The number of piperazine rings is 1. The van der Waals surface area contributed by atoms with Crippen LogP contribution in [0.15, 0.2) is 47.4 Å². The highest BCUT2D eigenvalue weighted by molar-refractivity contribution is 7.89. The van der Waals surface area contributed by atoms with Gasteiger partial charge in [-0.2, -0.15) is 0 Å². The van der Waals surface area contributed by atoms with Gasteiger partial charge < -0.3 is 19.1 Å². The van der Waals surface area contributed by atoms with Gasteiger partial charge in [0, 0.05) is 36.3 Å². The third kappa shape index (κ3) is 7.17. The van der Waals surface area contributed by atoms with Crippen molar-refractivity contribution in [2.45, 2.75) is 17.8 Å². The van der Waals surface area contributed by atoms with E-state index in [0.717, 1.165) is 17.7 Å². The van der Waals surface area contributed by atoms with Crippen molar-refractivity contribution >= 4 is 28.9 Å². The number of carbonyl (C=O) groups is 1. The molecule has 12 heteroatoms. The zero-order valence-electron chi connectivity index (χ0n) is 16.7. The van der Waals surface area contributed by atoms with Gasteiger partial charge in [0.2, 0.25) is 0 Å². The third-order valence-corrected chi connectivity index (χ3v) is 6.30. The first-order chi connectivity index (χ1) is 15.1. The molecule has 0 aromatic heterocycles. The summed E-state index contributed by atoms with van der Waals surface area (Å²) in [6.45, 7) is 1.89. The van der Waals surface area contributed by atoms with Crippen molar-refractivity contribution in [3.8, 4) is 11.5 Å². The molecule has 0 radical (unpaired) electrons. The van der Waals surface area contributed by atoms with Crippen molar-refractivity contribution < 1.29 is 37.1 Å². The molecule has 1 saturated heterocycles. The predicted octanol–water partition coefficient (Wildman–Crippen LogP) is 3.54. The molecular weight excluding hydrogens is 473 g/mol. The molecular formula is C20H20ClF3N2O5S. The van der Waals surface area contributed by atoms with E-state index in [1.807, 2.05) is 0 Å². The minimum atomic E-state index is -4.82. The van der Waals surface area contributed by atoms with Crippen molar-refractivity contribution in [3.63, 3.8) is 0 Å². The lowest BCUT2D eigenvalue weighted by Gasteiger charge is -2.34. The Morgan fingerprint density at radius 1 is 1.16 bits per heavy atom. The van der Waals surface area contributed by atoms with Crippen LogP contribution >= 0.6 is 11.6 Å². The van der Waals surface area contributed by atoms with E-state index in [9.17, 15) is 22.5 Å². The van der Waals surface area contributed by atoms with Gasteiger partial charge in [-0.15, -0.1) is 17.5 Å². The number of rotatable bonds is 8. The molecule has 174 valence electrons. The normalized spacial score (nSPS) is 16.5. The molecule has 1 N–H and O–H groups in total. The molecule has 2 aromatic rings. The molecule has 2 aromatic carbocycles. The van der Waals surface area contributed by atoms with Crippen LogP contribution in [0, 0.1) is 0 Å². The van der Waals surface area contributed by atoms with E-state index in [1.165, 1.54) is 12.1 Å². The number of nitrogens with zero attached hydrogens (tertiary/aromatic N) is 2. The summed E-state index contributed by atoms with van der Waals surface area (Å²) in [7, 11) is 0. The summed E-state index contributed by atoms with van der Waals surface area (Å²) in [5.41, 5.74) is 0.727. The van der Waals surface area contributed by atoms with Gasteiger partial charge in [-0.1, -0.05) is 17.7 Å². The lowest BCUT2D eigenvalue weighted by molar-refractivity contribution is -0.274. The lowest BCUT2D eigenvalue weighted by Crippen LogP contribution is -2.48. The topological polar surface area (TPSA) is 85.3 Å². The Kier molecular flexibility index (Phi) is 8.12.